The summed E-state index contributed by atoms with van der Waals surface area (Å²) < 4.78 is 38.4. The number of furan rings is 1. The maximum Gasteiger partial charge on any atom is 1.00 e. The maximum absolute atomic E-state index is 13.7. The minimum absolute atomic E-state index is 0. The van der Waals surface area contributed by atoms with Gasteiger partial charge >= 0.3 is 29.6 Å². The smallest absolute Gasteiger partial charge is 0.748 e. The number of nitrogens with one attached hydrogen (secondary N) is 2. The van der Waals surface area contributed by atoms with Crippen molar-refractivity contribution in [2.75, 3.05) is 17.6 Å². The van der Waals surface area contributed by atoms with Gasteiger partial charge < -0.3 is 19.6 Å². The van der Waals surface area contributed by atoms with Crippen LogP contribution in [0.3, 0.4) is 0 Å². The number of para-hydroxylation sites is 1. The second-order valence-electron chi connectivity index (χ2n) is 11.1. The SMILES string of the molecule is O=C(NCCS(=O)(=O)[O-])c1ccc(CC(C(=O)Nc2ccc(-c3cc4ccccc4o3)cc2)c2ccc(C3CC3)cc2)cc1.[Na+]. The number of amides is 2. The first-order chi connectivity index (χ1) is 21.2. The van der Waals surface area contributed by atoms with Crippen molar-refractivity contribution < 1.29 is 56.5 Å². The van der Waals surface area contributed by atoms with Crippen LogP contribution in [0.25, 0.3) is 22.3 Å². The summed E-state index contributed by atoms with van der Waals surface area (Å²) in [5, 5.41) is 6.54. The molecular formula is C35H31N2NaO6S. The monoisotopic (exact) mass is 630 g/mol. The Hall–Kier alpha value is -3.73. The fourth-order valence-corrected chi connectivity index (χ4v) is 5.62. The molecule has 10 heteroatoms. The average molecular weight is 631 g/mol. The molecule has 8 nitrogen and oxygen atoms in total. The molecule has 1 fully saturated rings. The summed E-state index contributed by atoms with van der Waals surface area (Å²) in [6.07, 6.45) is 2.79. The molecule has 1 heterocycles. The van der Waals surface area contributed by atoms with Gasteiger partial charge in [-0.15, -0.1) is 0 Å². The molecule has 0 saturated heterocycles. The first kappa shape index (κ1) is 32.7. The second kappa shape index (κ2) is 14.1. The van der Waals surface area contributed by atoms with Crippen LogP contribution >= 0.6 is 0 Å². The van der Waals surface area contributed by atoms with Crippen LogP contribution < -0.4 is 40.2 Å². The molecule has 4 aromatic carbocycles. The van der Waals surface area contributed by atoms with Gasteiger partial charge in [0.1, 0.15) is 11.3 Å². The molecule has 1 saturated carbocycles. The number of benzene rings is 4. The molecule has 6 rings (SSSR count). The van der Waals surface area contributed by atoms with Crippen LogP contribution in [0.2, 0.25) is 0 Å². The van der Waals surface area contributed by atoms with Gasteiger partial charge in [-0.1, -0.05) is 54.6 Å². The van der Waals surface area contributed by atoms with Crippen molar-refractivity contribution in [3.63, 3.8) is 0 Å². The van der Waals surface area contributed by atoms with Crippen LogP contribution in [0.5, 0.6) is 0 Å². The number of carbonyl (C=O) groups is 2. The number of rotatable bonds is 11. The summed E-state index contributed by atoms with van der Waals surface area (Å²) in [5.74, 6) is -0.424. The Balaban J connectivity index is 0.00000400. The van der Waals surface area contributed by atoms with E-state index in [0.29, 0.717) is 23.6 Å². The van der Waals surface area contributed by atoms with Crippen molar-refractivity contribution in [1.82, 2.24) is 5.32 Å². The summed E-state index contributed by atoms with van der Waals surface area (Å²) in [7, 11) is -4.41. The molecule has 1 atom stereocenters. The van der Waals surface area contributed by atoms with Crippen molar-refractivity contribution in [1.29, 1.82) is 0 Å². The molecule has 1 aliphatic carbocycles. The molecule has 2 N–H and O–H groups in total. The van der Waals surface area contributed by atoms with E-state index in [9.17, 15) is 22.6 Å². The molecule has 2 amide bonds. The van der Waals surface area contributed by atoms with Crippen LogP contribution in [-0.4, -0.2) is 37.1 Å². The van der Waals surface area contributed by atoms with Crippen LogP contribution in [-0.2, 0) is 21.3 Å². The van der Waals surface area contributed by atoms with Gasteiger partial charge in [0.05, 0.1) is 21.8 Å². The molecule has 0 spiro atoms. The molecule has 0 aliphatic heterocycles. The van der Waals surface area contributed by atoms with Gasteiger partial charge in [-0.25, -0.2) is 8.42 Å². The summed E-state index contributed by atoms with van der Waals surface area (Å²) in [5.41, 5.74) is 5.76. The summed E-state index contributed by atoms with van der Waals surface area (Å²) in [4.78, 5) is 26.1. The minimum atomic E-state index is -4.41. The number of hydrogen-bond donors (Lipinski definition) is 2. The number of fused-ring (bicyclic) bond motifs is 1. The number of hydrogen-bond acceptors (Lipinski definition) is 6. The molecule has 1 aliphatic rings. The van der Waals surface area contributed by atoms with E-state index in [4.69, 9.17) is 4.42 Å². The van der Waals surface area contributed by atoms with E-state index in [-0.39, 0.29) is 42.0 Å². The molecule has 224 valence electrons. The number of anilines is 1. The Bertz CT molecular complexity index is 1870. The van der Waals surface area contributed by atoms with Crippen molar-refractivity contribution in [2.45, 2.75) is 31.1 Å². The molecular weight excluding hydrogens is 599 g/mol. The third-order valence-corrected chi connectivity index (χ3v) is 8.56. The van der Waals surface area contributed by atoms with E-state index in [1.165, 1.54) is 18.4 Å². The van der Waals surface area contributed by atoms with Gasteiger partial charge in [-0.05, 0) is 90.4 Å². The quantitative estimate of drug-likeness (QED) is 0.170. The van der Waals surface area contributed by atoms with Crippen molar-refractivity contribution in [3.05, 3.63) is 125 Å². The van der Waals surface area contributed by atoms with Crippen molar-refractivity contribution in [2.24, 2.45) is 0 Å². The largest absolute Gasteiger partial charge is 1.00 e. The van der Waals surface area contributed by atoms with E-state index in [1.807, 2.05) is 66.7 Å². The first-order valence-electron chi connectivity index (χ1n) is 14.5. The zero-order valence-corrected chi connectivity index (χ0v) is 27.7. The molecule has 45 heavy (non-hydrogen) atoms. The van der Waals surface area contributed by atoms with Crippen LogP contribution in [0.1, 0.15) is 51.7 Å². The second-order valence-corrected chi connectivity index (χ2v) is 12.7. The predicted octanol–water partition coefficient (Wildman–Crippen LogP) is 3.22. The summed E-state index contributed by atoms with van der Waals surface area (Å²) in [6.45, 7) is -0.259. The normalized spacial score (nSPS) is 13.5. The predicted molar refractivity (Wildman–Crippen MR) is 168 cm³/mol. The Morgan fingerprint density at radius 1 is 0.889 bits per heavy atom. The third-order valence-electron chi connectivity index (χ3n) is 7.86. The Labute approximate surface area is 284 Å². The minimum Gasteiger partial charge on any atom is -0.748 e. The summed E-state index contributed by atoms with van der Waals surface area (Å²) in [6, 6.07) is 32.4. The first-order valence-corrected chi connectivity index (χ1v) is 16.1. The zero-order valence-electron chi connectivity index (χ0n) is 24.9. The number of carbonyl (C=O) groups excluding carboxylic acids is 2. The summed E-state index contributed by atoms with van der Waals surface area (Å²) >= 11 is 0. The standard InChI is InChI=1S/C35H32N2O6S.Na/c38-34(36-19-20-44(40,41)42)28-7-5-23(6-8-28)21-31(26-13-11-25(12-14-26)24-9-10-24)35(39)37-30-17-15-27(16-18-30)33-22-29-3-1-2-4-32(29)43-33;/h1-8,11-18,22,24,31H,9-10,19-21H2,(H,36,38)(H,37,39)(H,40,41,42);/q;+1/p-1. The third kappa shape index (κ3) is 8.51. The van der Waals surface area contributed by atoms with Gasteiger partial charge in [0.2, 0.25) is 5.91 Å². The topological polar surface area (TPSA) is 129 Å². The van der Waals surface area contributed by atoms with Gasteiger partial charge in [-0.3, -0.25) is 9.59 Å². The van der Waals surface area contributed by atoms with E-state index < -0.39 is 27.7 Å². The van der Waals surface area contributed by atoms with Gasteiger partial charge in [0.15, 0.2) is 0 Å². The van der Waals surface area contributed by atoms with E-state index in [1.54, 1.807) is 24.3 Å². The molecule has 1 aromatic heterocycles. The van der Waals surface area contributed by atoms with E-state index in [0.717, 1.165) is 33.4 Å². The van der Waals surface area contributed by atoms with Crippen LogP contribution in [0.15, 0.2) is 108 Å². The average Bonchev–Trinajstić information content (AvgIpc) is 3.78. The van der Waals surface area contributed by atoms with Crippen LogP contribution in [0, 0.1) is 0 Å². The fourth-order valence-electron chi connectivity index (χ4n) is 5.27. The Kier molecular flexibility index (Phi) is 10.3. The molecule has 1 unspecified atom stereocenters. The van der Waals surface area contributed by atoms with Crippen LogP contribution in [0.4, 0.5) is 5.69 Å². The maximum atomic E-state index is 13.7. The molecule has 0 bridgehead atoms. The van der Waals surface area contributed by atoms with Crippen molar-refractivity contribution in [3.8, 4) is 11.3 Å². The van der Waals surface area contributed by atoms with Gasteiger partial charge in [0, 0.05) is 28.7 Å². The van der Waals surface area contributed by atoms with E-state index >= 15 is 0 Å². The van der Waals surface area contributed by atoms with Gasteiger partial charge in [0.25, 0.3) is 5.91 Å². The van der Waals surface area contributed by atoms with Gasteiger partial charge in [-0.2, -0.15) is 0 Å². The fraction of sp³-hybridized carbons (Fsp3) is 0.200. The Morgan fingerprint density at radius 3 is 2.22 bits per heavy atom. The van der Waals surface area contributed by atoms with Crippen molar-refractivity contribution >= 4 is 38.6 Å². The molecule has 0 radical (unpaired) electrons. The molecule has 5 aromatic rings. The Morgan fingerprint density at radius 2 is 1.58 bits per heavy atom. The van der Waals surface area contributed by atoms with E-state index in [2.05, 4.69) is 22.8 Å². The zero-order chi connectivity index (χ0) is 30.7.